The highest BCUT2D eigenvalue weighted by Crippen LogP contribution is 2.64. The van der Waals surface area contributed by atoms with E-state index in [9.17, 15) is 14.9 Å². The van der Waals surface area contributed by atoms with Gasteiger partial charge < -0.3 is 4.74 Å². The number of nitriles is 1. The molecule has 2 rings (SSSR count). The number of ketones is 1. The first-order valence-electron chi connectivity index (χ1n) is 5.69. The van der Waals surface area contributed by atoms with Crippen LogP contribution in [0.4, 0.5) is 0 Å². The molecule has 2 aliphatic rings. The number of Topliss-reactive ketones (excluding diaryl/α,β-unsaturated/α-hetero) is 1. The van der Waals surface area contributed by atoms with E-state index in [1.807, 2.05) is 6.07 Å². The van der Waals surface area contributed by atoms with Gasteiger partial charge in [0.25, 0.3) is 0 Å². The predicted molar refractivity (Wildman–Crippen MR) is 55.1 cm³/mol. The van der Waals surface area contributed by atoms with E-state index in [1.165, 1.54) is 0 Å². The van der Waals surface area contributed by atoms with E-state index in [4.69, 9.17) is 4.74 Å². The molecule has 4 heteroatoms. The van der Waals surface area contributed by atoms with Gasteiger partial charge >= 0.3 is 5.97 Å². The van der Waals surface area contributed by atoms with Crippen LogP contribution in [0.5, 0.6) is 0 Å². The number of rotatable bonds is 2. The summed E-state index contributed by atoms with van der Waals surface area (Å²) in [6.07, 6.45) is 1.84. The maximum atomic E-state index is 11.9. The minimum Gasteiger partial charge on any atom is -0.462 e. The van der Waals surface area contributed by atoms with Gasteiger partial charge in [-0.15, -0.1) is 0 Å². The molecule has 2 saturated carbocycles. The molecular formula is C12H15NO3. The summed E-state index contributed by atoms with van der Waals surface area (Å²) in [7, 11) is 0. The van der Waals surface area contributed by atoms with Crippen molar-refractivity contribution in [3.05, 3.63) is 0 Å². The van der Waals surface area contributed by atoms with Crippen LogP contribution in [-0.2, 0) is 14.3 Å². The highest BCUT2D eigenvalue weighted by Gasteiger charge is 2.74. The maximum Gasteiger partial charge on any atom is 0.327 e. The molecule has 0 spiro atoms. The smallest absolute Gasteiger partial charge is 0.327 e. The van der Waals surface area contributed by atoms with Gasteiger partial charge in [0.15, 0.2) is 5.41 Å². The fourth-order valence-electron chi connectivity index (χ4n) is 2.77. The number of carbonyl (C=O) groups excluding carboxylic acids is 2. The largest absolute Gasteiger partial charge is 0.462 e. The second kappa shape index (κ2) is 3.58. The molecule has 0 amide bonds. The Labute approximate surface area is 94.6 Å². The normalized spacial score (nSPS) is 36.5. The second-order valence-corrected chi connectivity index (χ2v) is 4.88. The Morgan fingerprint density at radius 3 is 2.81 bits per heavy atom. The van der Waals surface area contributed by atoms with Crippen molar-refractivity contribution in [3.63, 3.8) is 0 Å². The number of esters is 1. The molecule has 0 bridgehead atoms. The lowest BCUT2D eigenvalue weighted by Crippen LogP contribution is -2.25. The van der Waals surface area contributed by atoms with E-state index >= 15 is 0 Å². The van der Waals surface area contributed by atoms with Gasteiger partial charge in [-0.2, -0.15) is 5.26 Å². The lowest BCUT2D eigenvalue weighted by Gasteiger charge is -2.11. The van der Waals surface area contributed by atoms with Gasteiger partial charge in [0.05, 0.1) is 18.1 Å². The highest BCUT2D eigenvalue weighted by atomic mass is 16.5. The Morgan fingerprint density at radius 1 is 1.62 bits per heavy atom. The Morgan fingerprint density at radius 2 is 2.31 bits per heavy atom. The first kappa shape index (κ1) is 11.1. The third kappa shape index (κ3) is 1.35. The van der Waals surface area contributed by atoms with E-state index < -0.39 is 17.3 Å². The number of nitrogens with zero attached hydrogens (tertiary/aromatic N) is 1. The summed E-state index contributed by atoms with van der Waals surface area (Å²) in [5, 5.41) is 9.19. The van der Waals surface area contributed by atoms with E-state index in [-0.39, 0.29) is 17.8 Å². The molecule has 2 aliphatic carbocycles. The Kier molecular flexibility index (Phi) is 2.49. The van der Waals surface area contributed by atoms with Crippen molar-refractivity contribution in [1.29, 1.82) is 5.26 Å². The molecule has 0 aromatic heterocycles. The van der Waals surface area contributed by atoms with E-state index in [1.54, 1.807) is 13.8 Å². The second-order valence-electron chi connectivity index (χ2n) is 4.88. The first-order chi connectivity index (χ1) is 7.54. The van der Waals surface area contributed by atoms with Crippen LogP contribution in [0.15, 0.2) is 0 Å². The van der Waals surface area contributed by atoms with Crippen molar-refractivity contribution in [1.82, 2.24) is 0 Å². The zero-order valence-electron chi connectivity index (χ0n) is 9.53. The summed E-state index contributed by atoms with van der Waals surface area (Å²) >= 11 is 0. The van der Waals surface area contributed by atoms with E-state index in [0.29, 0.717) is 6.42 Å². The van der Waals surface area contributed by atoms with Crippen LogP contribution in [0.3, 0.4) is 0 Å². The molecule has 0 radical (unpaired) electrons. The van der Waals surface area contributed by atoms with Crippen molar-refractivity contribution < 1.29 is 14.3 Å². The van der Waals surface area contributed by atoms with E-state index in [2.05, 4.69) is 0 Å². The number of carbonyl (C=O) groups is 2. The number of ether oxygens (including phenoxy) is 1. The highest BCUT2D eigenvalue weighted by molar-refractivity contribution is 5.98. The molecule has 4 nitrogen and oxygen atoms in total. The molecule has 0 aromatic rings. The van der Waals surface area contributed by atoms with Crippen LogP contribution in [0.25, 0.3) is 0 Å². The van der Waals surface area contributed by atoms with Gasteiger partial charge in [0.2, 0.25) is 0 Å². The minimum atomic E-state index is -1.15. The van der Waals surface area contributed by atoms with Crippen molar-refractivity contribution in [2.75, 3.05) is 0 Å². The molecule has 2 fully saturated rings. The summed E-state index contributed by atoms with van der Waals surface area (Å²) in [6, 6.07) is 2.03. The summed E-state index contributed by atoms with van der Waals surface area (Å²) in [5.74, 6) is -0.934. The molecule has 3 atom stereocenters. The Balaban J connectivity index is 2.20. The molecule has 86 valence electrons. The quantitative estimate of drug-likeness (QED) is 0.662. The molecular weight excluding hydrogens is 206 g/mol. The lowest BCUT2D eigenvalue weighted by molar-refractivity contribution is -0.153. The zero-order valence-corrected chi connectivity index (χ0v) is 9.53. The standard InChI is InChI=1S/C12H15NO3/c1-7(2)16-11(15)12(6-13)8-4-3-5-9(14)10(8)12/h7-8,10H,3-5H2,1-2H3/t8-,10-,12+/m0/s1. The van der Waals surface area contributed by atoms with Gasteiger partial charge in [-0.25, -0.2) is 0 Å². The fourth-order valence-corrected chi connectivity index (χ4v) is 2.77. The summed E-state index contributed by atoms with van der Waals surface area (Å²) < 4.78 is 5.10. The molecule has 0 aromatic carbocycles. The van der Waals surface area contributed by atoms with Crippen LogP contribution >= 0.6 is 0 Å². The van der Waals surface area contributed by atoms with Crippen LogP contribution in [0.2, 0.25) is 0 Å². The van der Waals surface area contributed by atoms with Gasteiger partial charge in [-0.05, 0) is 26.7 Å². The average Bonchev–Trinajstić information content (AvgIpc) is 2.88. The summed E-state index contributed by atoms with van der Waals surface area (Å²) in [5.41, 5.74) is -1.15. The molecule has 0 unspecified atom stereocenters. The van der Waals surface area contributed by atoms with Crippen molar-refractivity contribution in [3.8, 4) is 6.07 Å². The molecule has 0 heterocycles. The predicted octanol–water partition coefficient (Wildman–Crippen LogP) is 1.45. The van der Waals surface area contributed by atoms with Crippen LogP contribution in [-0.4, -0.2) is 17.9 Å². The average molecular weight is 221 g/mol. The zero-order chi connectivity index (χ0) is 11.9. The van der Waals surface area contributed by atoms with Gasteiger partial charge in [-0.3, -0.25) is 9.59 Å². The SMILES string of the molecule is CC(C)OC(=O)[C@@]1(C#N)[C@@H]2C(=O)CCC[C@@H]21. The molecule has 0 N–H and O–H groups in total. The third-order valence-corrected chi connectivity index (χ3v) is 3.52. The molecule has 0 saturated heterocycles. The van der Waals surface area contributed by atoms with Gasteiger partial charge in [0, 0.05) is 12.3 Å². The van der Waals surface area contributed by atoms with Crippen molar-refractivity contribution in [2.24, 2.45) is 17.3 Å². The van der Waals surface area contributed by atoms with Gasteiger partial charge in [0.1, 0.15) is 5.78 Å². The monoisotopic (exact) mass is 221 g/mol. The Hall–Kier alpha value is -1.37. The lowest BCUT2D eigenvalue weighted by atomic mass is 10.00. The van der Waals surface area contributed by atoms with Crippen LogP contribution in [0.1, 0.15) is 33.1 Å². The number of hydrogen-bond acceptors (Lipinski definition) is 4. The minimum absolute atomic E-state index is 0.0542. The van der Waals surface area contributed by atoms with E-state index in [0.717, 1.165) is 12.8 Å². The maximum absolute atomic E-state index is 11.9. The number of hydrogen-bond donors (Lipinski definition) is 0. The molecule has 16 heavy (non-hydrogen) atoms. The van der Waals surface area contributed by atoms with Crippen LogP contribution in [0, 0.1) is 28.6 Å². The van der Waals surface area contributed by atoms with Crippen LogP contribution < -0.4 is 0 Å². The fraction of sp³-hybridized carbons (Fsp3) is 0.750. The number of fused-ring (bicyclic) bond motifs is 1. The van der Waals surface area contributed by atoms with Gasteiger partial charge in [-0.1, -0.05) is 0 Å². The first-order valence-corrected chi connectivity index (χ1v) is 5.69. The third-order valence-electron chi connectivity index (χ3n) is 3.52. The van der Waals surface area contributed by atoms with Crippen molar-refractivity contribution in [2.45, 2.75) is 39.2 Å². The molecule has 0 aliphatic heterocycles. The summed E-state index contributed by atoms with van der Waals surface area (Å²) in [6.45, 7) is 3.49. The topological polar surface area (TPSA) is 67.2 Å². The Bertz CT molecular complexity index is 382. The summed E-state index contributed by atoms with van der Waals surface area (Å²) in [4.78, 5) is 23.5. The van der Waals surface area contributed by atoms with Crippen molar-refractivity contribution >= 4 is 11.8 Å².